The molecular formula is C17H30N6. The van der Waals surface area contributed by atoms with E-state index in [9.17, 15) is 0 Å². The van der Waals surface area contributed by atoms with E-state index in [1.54, 1.807) is 12.7 Å². The third-order valence-corrected chi connectivity index (χ3v) is 5.43. The molecule has 0 amide bonds. The fourth-order valence-electron chi connectivity index (χ4n) is 4.24. The second kappa shape index (κ2) is 7.79. The molecule has 1 saturated heterocycles. The summed E-state index contributed by atoms with van der Waals surface area (Å²) in [6.45, 7) is 3.96. The zero-order valence-electron chi connectivity index (χ0n) is 14.4. The summed E-state index contributed by atoms with van der Waals surface area (Å²) >= 11 is 0. The number of aromatic nitrogens is 3. The largest absolute Gasteiger partial charge is 0.354 e. The van der Waals surface area contributed by atoms with E-state index in [0.717, 1.165) is 25.6 Å². The zero-order chi connectivity index (χ0) is 16.0. The van der Waals surface area contributed by atoms with E-state index in [-0.39, 0.29) is 0 Å². The third-order valence-electron chi connectivity index (χ3n) is 5.43. The maximum atomic E-state index is 4.52. The molecule has 0 unspecified atom stereocenters. The Kier molecular flexibility index (Phi) is 5.51. The Balaban J connectivity index is 1.55. The van der Waals surface area contributed by atoms with Gasteiger partial charge in [-0.3, -0.25) is 9.67 Å². The van der Waals surface area contributed by atoms with Crippen molar-refractivity contribution in [3.05, 3.63) is 12.7 Å². The summed E-state index contributed by atoms with van der Waals surface area (Å²) in [5.41, 5.74) is 0.540. The average Bonchev–Trinajstić information content (AvgIpc) is 2.99. The highest BCUT2D eigenvalue weighted by molar-refractivity contribution is 5.80. The van der Waals surface area contributed by atoms with Gasteiger partial charge in [0.25, 0.3) is 0 Å². The summed E-state index contributed by atoms with van der Waals surface area (Å²) in [6, 6.07) is 0. The Morgan fingerprint density at radius 2 is 1.96 bits per heavy atom. The van der Waals surface area contributed by atoms with Crippen LogP contribution in [0.4, 0.5) is 0 Å². The van der Waals surface area contributed by atoms with Crippen molar-refractivity contribution in [3.63, 3.8) is 0 Å². The fourth-order valence-corrected chi connectivity index (χ4v) is 4.24. The first-order chi connectivity index (χ1) is 11.3. The van der Waals surface area contributed by atoms with Gasteiger partial charge in [0.05, 0.1) is 6.54 Å². The number of piperidine rings is 1. The molecular weight excluding hydrogens is 288 g/mol. The van der Waals surface area contributed by atoms with Gasteiger partial charge in [-0.15, -0.1) is 0 Å². The van der Waals surface area contributed by atoms with E-state index >= 15 is 0 Å². The van der Waals surface area contributed by atoms with Crippen molar-refractivity contribution in [2.24, 2.45) is 10.4 Å². The summed E-state index contributed by atoms with van der Waals surface area (Å²) in [5, 5.41) is 7.64. The summed E-state index contributed by atoms with van der Waals surface area (Å²) in [7, 11) is 1.90. The molecule has 0 bridgehead atoms. The number of nitrogens with one attached hydrogen (secondary N) is 1. The molecule has 1 aromatic rings. The number of guanidine groups is 1. The number of hydrogen-bond donors (Lipinski definition) is 1. The van der Waals surface area contributed by atoms with Gasteiger partial charge >= 0.3 is 0 Å². The first kappa shape index (κ1) is 16.3. The second-order valence-electron chi connectivity index (χ2n) is 7.07. The van der Waals surface area contributed by atoms with Gasteiger partial charge in [0, 0.05) is 26.7 Å². The van der Waals surface area contributed by atoms with Gasteiger partial charge < -0.3 is 10.2 Å². The number of aliphatic imine (C=N–C) groups is 1. The van der Waals surface area contributed by atoms with Gasteiger partial charge in [-0.05, 0) is 31.1 Å². The first-order valence-electron chi connectivity index (χ1n) is 9.09. The normalized spacial score (nSPS) is 22.1. The Morgan fingerprint density at radius 3 is 2.65 bits per heavy atom. The van der Waals surface area contributed by atoms with E-state index < -0.39 is 0 Å². The number of nitrogens with zero attached hydrogens (tertiary/aromatic N) is 5. The Bertz CT molecular complexity index is 487. The van der Waals surface area contributed by atoms with E-state index in [0.29, 0.717) is 5.41 Å². The molecule has 3 rings (SSSR count). The zero-order valence-corrected chi connectivity index (χ0v) is 14.4. The number of hydrogen-bond acceptors (Lipinski definition) is 3. The van der Waals surface area contributed by atoms with Crippen LogP contribution in [-0.2, 0) is 6.54 Å². The maximum Gasteiger partial charge on any atom is 0.193 e. The first-order valence-corrected chi connectivity index (χ1v) is 9.09. The number of likely N-dealkylation sites (tertiary alicyclic amines) is 1. The average molecular weight is 318 g/mol. The van der Waals surface area contributed by atoms with Crippen LogP contribution in [0.2, 0.25) is 0 Å². The molecule has 0 radical (unpaired) electrons. The summed E-state index contributed by atoms with van der Waals surface area (Å²) in [5.74, 6) is 1.05. The minimum Gasteiger partial charge on any atom is -0.354 e. The van der Waals surface area contributed by atoms with Crippen LogP contribution in [0, 0.1) is 5.41 Å². The Morgan fingerprint density at radius 1 is 1.17 bits per heavy atom. The van der Waals surface area contributed by atoms with E-state index in [4.69, 9.17) is 0 Å². The molecule has 1 aromatic heterocycles. The molecule has 1 saturated carbocycles. The van der Waals surface area contributed by atoms with Crippen LogP contribution in [-0.4, -0.2) is 52.3 Å². The highest BCUT2D eigenvalue weighted by atomic mass is 15.3. The van der Waals surface area contributed by atoms with Crippen LogP contribution >= 0.6 is 0 Å². The lowest BCUT2D eigenvalue weighted by molar-refractivity contribution is 0.115. The van der Waals surface area contributed by atoms with Gasteiger partial charge in [-0.1, -0.05) is 25.7 Å². The molecule has 1 aliphatic carbocycles. The van der Waals surface area contributed by atoms with Gasteiger partial charge in [-0.25, -0.2) is 4.98 Å². The molecule has 1 aliphatic heterocycles. The van der Waals surface area contributed by atoms with Gasteiger partial charge in [0.2, 0.25) is 0 Å². The van der Waals surface area contributed by atoms with Crippen molar-refractivity contribution < 1.29 is 0 Å². The smallest absolute Gasteiger partial charge is 0.193 e. The predicted molar refractivity (Wildman–Crippen MR) is 92.3 cm³/mol. The Hall–Kier alpha value is -1.59. The summed E-state index contributed by atoms with van der Waals surface area (Å²) < 4.78 is 1.85. The SMILES string of the molecule is CN=C(NCCn1cncn1)N1CCCC2(CCCCCC2)C1. The summed E-state index contributed by atoms with van der Waals surface area (Å²) in [6.07, 6.45) is 14.5. The molecule has 2 fully saturated rings. The van der Waals surface area contributed by atoms with E-state index in [1.807, 2.05) is 11.7 Å². The fraction of sp³-hybridized carbons (Fsp3) is 0.824. The molecule has 0 aromatic carbocycles. The molecule has 6 nitrogen and oxygen atoms in total. The minimum atomic E-state index is 0.540. The molecule has 1 N–H and O–H groups in total. The van der Waals surface area contributed by atoms with Crippen molar-refractivity contribution in [1.82, 2.24) is 25.0 Å². The lowest BCUT2D eigenvalue weighted by atomic mass is 9.74. The van der Waals surface area contributed by atoms with Crippen LogP contribution in [0.3, 0.4) is 0 Å². The van der Waals surface area contributed by atoms with Gasteiger partial charge in [0.15, 0.2) is 5.96 Å². The molecule has 128 valence electrons. The van der Waals surface area contributed by atoms with E-state index in [2.05, 4.69) is 25.3 Å². The highest BCUT2D eigenvalue weighted by Crippen LogP contribution is 2.42. The van der Waals surface area contributed by atoms with Crippen molar-refractivity contribution >= 4 is 5.96 Å². The van der Waals surface area contributed by atoms with Gasteiger partial charge in [-0.2, -0.15) is 5.10 Å². The van der Waals surface area contributed by atoms with Crippen molar-refractivity contribution in [1.29, 1.82) is 0 Å². The van der Waals surface area contributed by atoms with E-state index in [1.165, 1.54) is 57.9 Å². The second-order valence-corrected chi connectivity index (χ2v) is 7.07. The van der Waals surface area contributed by atoms with Crippen LogP contribution < -0.4 is 5.32 Å². The van der Waals surface area contributed by atoms with Crippen LogP contribution in [0.5, 0.6) is 0 Å². The Labute approximate surface area is 139 Å². The van der Waals surface area contributed by atoms with Crippen LogP contribution in [0.1, 0.15) is 51.4 Å². The standard InChI is InChI=1S/C17H30N6/c1-18-16(20-10-12-23-15-19-14-21-23)22-11-6-9-17(13-22)7-4-2-3-5-8-17/h14-15H,2-13H2,1H3,(H,18,20). The van der Waals surface area contributed by atoms with Crippen molar-refractivity contribution in [3.8, 4) is 0 Å². The molecule has 1 spiro atoms. The minimum absolute atomic E-state index is 0.540. The maximum absolute atomic E-state index is 4.52. The topological polar surface area (TPSA) is 58.3 Å². The molecule has 23 heavy (non-hydrogen) atoms. The monoisotopic (exact) mass is 318 g/mol. The van der Waals surface area contributed by atoms with Crippen molar-refractivity contribution in [2.45, 2.75) is 57.9 Å². The van der Waals surface area contributed by atoms with Crippen LogP contribution in [0.25, 0.3) is 0 Å². The molecule has 2 aliphatic rings. The molecule has 6 heteroatoms. The lowest BCUT2D eigenvalue weighted by Crippen LogP contribution is -2.51. The third kappa shape index (κ3) is 4.24. The summed E-state index contributed by atoms with van der Waals surface area (Å²) in [4.78, 5) is 11.0. The quantitative estimate of drug-likeness (QED) is 0.686. The van der Waals surface area contributed by atoms with Gasteiger partial charge in [0.1, 0.15) is 12.7 Å². The highest BCUT2D eigenvalue weighted by Gasteiger charge is 2.36. The van der Waals surface area contributed by atoms with Crippen molar-refractivity contribution in [2.75, 3.05) is 26.7 Å². The lowest BCUT2D eigenvalue weighted by Gasteiger charge is -2.44. The molecule has 0 atom stereocenters. The molecule has 2 heterocycles. The number of rotatable bonds is 3. The predicted octanol–water partition coefficient (Wildman–Crippen LogP) is 2.29. The van der Waals surface area contributed by atoms with Crippen LogP contribution in [0.15, 0.2) is 17.6 Å².